The van der Waals surface area contributed by atoms with Crippen molar-refractivity contribution in [1.82, 2.24) is 14.9 Å². The van der Waals surface area contributed by atoms with Gasteiger partial charge in [0.15, 0.2) is 0 Å². The summed E-state index contributed by atoms with van der Waals surface area (Å²) in [7, 11) is 3.38. The third kappa shape index (κ3) is 4.70. The summed E-state index contributed by atoms with van der Waals surface area (Å²) in [5.74, 6) is 1.47. The van der Waals surface area contributed by atoms with Crippen LogP contribution in [0.2, 0.25) is 0 Å². The standard InChI is InChI=1S/C20H26N6O4/c1-4-21-19-22-13-16-17(23-19)24(2)8-9-26(18(16)27)14-6-5-7-15(12-14)30-11-10-25(3)20(28)29/h5-7,12-13H,4,8-11H2,1-3H3,(H,28,29)(H,21,22,23). The van der Waals surface area contributed by atoms with Gasteiger partial charge >= 0.3 is 6.09 Å². The van der Waals surface area contributed by atoms with Crippen molar-refractivity contribution in [2.24, 2.45) is 0 Å². The van der Waals surface area contributed by atoms with E-state index in [9.17, 15) is 9.59 Å². The summed E-state index contributed by atoms with van der Waals surface area (Å²) in [5.41, 5.74) is 1.13. The van der Waals surface area contributed by atoms with Gasteiger partial charge in [-0.25, -0.2) is 9.78 Å². The molecule has 2 N–H and O–H groups in total. The highest BCUT2D eigenvalue weighted by atomic mass is 16.5. The molecule has 1 aromatic heterocycles. The van der Waals surface area contributed by atoms with E-state index in [1.54, 1.807) is 29.3 Å². The van der Waals surface area contributed by atoms with Crippen molar-refractivity contribution in [2.75, 3.05) is 62.0 Å². The Morgan fingerprint density at radius 1 is 1.37 bits per heavy atom. The fraction of sp³-hybridized carbons (Fsp3) is 0.400. The first kappa shape index (κ1) is 21.2. The summed E-state index contributed by atoms with van der Waals surface area (Å²) in [6.07, 6.45) is 0.546. The van der Waals surface area contributed by atoms with E-state index in [0.717, 1.165) is 4.90 Å². The zero-order chi connectivity index (χ0) is 21.7. The van der Waals surface area contributed by atoms with Crippen LogP contribution in [0.1, 0.15) is 17.3 Å². The SMILES string of the molecule is CCNc1ncc2c(n1)N(C)CCN(c1cccc(OCCN(C)C(=O)O)c1)C2=O. The lowest BCUT2D eigenvalue weighted by Crippen LogP contribution is -2.33. The number of carbonyl (C=O) groups excluding carboxylic acids is 1. The van der Waals surface area contributed by atoms with Crippen LogP contribution in [0.3, 0.4) is 0 Å². The third-order valence-electron chi connectivity index (χ3n) is 4.75. The van der Waals surface area contributed by atoms with Crippen molar-refractivity contribution < 1.29 is 19.4 Å². The number of benzene rings is 1. The number of rotatable bonds is 7. The van der Waals surface area contributed by atoms with Crippen LogP contribution in [0.15, 0.2) is 30.5 Å². The van der Waals surface area contributed by atoms with Gasteiger partial charge in [-0.3, -0.25) is 4.79 Å². The summed E-state index contributed by atoms with van der Waals surface area (Å²) < 4.78 is 5.67. The average Bonchev–Trinajstić information content (AvgIpc) is 2.85. The van der Waals surface area contributed by atoms with Crippen molar-refractivity contribution in [3.05, 3.63) is 36.0 Å². The lowest BCUT2D eigenvalue weighted by Gasteiger charge is -2.22. The molecular formula is C20H26N6O4. The highest BCUT2D eigenvalue weighted by Crippen LogP contribution is 2.28. The molecule has 0 radical (unpaired) electrons. The minimum absolute atomic E-state index is 0.180. The molecule has 160 valence electrons. The maximum Gasteiger partial charge on any atom is 0.407 e. The van der Waals surface area contributed by atoms with E-state index in [1.165, 1.54) is 7.05 Å². The number of amides is 2. The van der Waals surface area contributed by atoms with Gasteiger partial charge in [0.2, 0.25) is 5.95 Å². The van der Waals surface area contributed by atoms with E-state index in [-0.39, 0.29) is 19.1 Å². The van der Waals surface area contributed by atoms with E-state index in [4.69, 9.17) is 9.84 Å². The Morgan fingerprint density at radius 2 is 2.17 bits per heavy atom. The number of carbonyl (C=O) groups is 2. The molecule has 0 atom stereocenters. The van der Waals surface area contributed by atoms with E-state index in [1.807, 2.05) is 24.9 Å². The van der Waals surface area contributed by atoms with E-state index in [0.29, 0.717) is 48.4 Å². The third-order valence-corrected chi connectivity index (χ3v) is 4.75. The molecule has 2 aromatic rings. The van der Waals surface area contributed by atoms with Crippen molar-refractivity contribution in [2.45, 2.75) is 6.92 Å². The summed E-state index contributed by atoms with van der Waals surface area (Å²) in [6.45, 7) is 4.19. The van der Waals surface area contributed by atoms with Crippen LogP contribution in [0.25, 0.3) is 0 Å². The number of aromatic nitrogens is 2. The molecule has 2 heterocycles. The van der Waals surface area contributed by atoms with Crippen molar-refractivity contribution in [1.29, 1.82) is 0 Å². The lowest BCUT2D eigenvalue weighted by atomic mass is 10.2. The van der Waals surface area contributed by atoms with Crippen LogP contribution in [0.4, 0.5) is 22.2 Å². The van der Waals surface area contributed by atoms with Crippen molar-refractivity contribution in [3.63, 3.8) is 0 Å². The zero-order valence-electron chi connectivity index (χ0n) is 17.3. The summed E-state index contributed by atoms with van der Waals surface area (Å²) in [5, 5.41) is 12.0. The molecule has 0 saturated heterocycles. The van der Waals surface area contributed by atoms with Crippen molar-refractivity contribution >= 4 is 29.5 Å². The number of hydrogen-bond donors (Lipinski definition) is 2. The summed E-state index contributed by atoms with van der Waals surface area (Å²) in [4.78, 5) is 37.6. The van der Waals surface area contributed by atoms with Gasteiger partial charge in [0.25, 0.3) is 5.91 Å². The first-order valence-corrected chi connectivity index (χ1v) is 9.71. The molecule has 0 fully saturated rings. The molecule has 0 spiro atoms. The van der Waals surface area contributed by atoms with E-state index in [2.05, 4.69) is 15.3 Å². The molecule has 2 amide bonds. The minimum Gasteiger partial charge on any atom is -0.492 e. The maximum absolute atomic E-state index is 13.2. The Bertz CT molecular complexity index is 922. The number of ether oxygens (including phenoxy) is 1. The first-order chi connectivity index (χ1) is 14.4. The van der Waals surface area contributed by atoms with Crippen LogP contribution in [-0.2, 0) is 0 Å². The Kier molecular flexibility index (Phi) is 6.55. The van der Waals surface area contributed by atoms with Gasteiger partial charge in [0.1, 0.15) is 23.7 Å². The quantitative estimate of drug-likeness (QED) is 0.708. The number of hydrogen-bond acceptors (Lipinski definition) is 7. The molecular weight excluding hydrogens is 388 g/mol. The Balaban J connectivity index is 1.79. The highest BCUT2D eigenvalue weighted by molar-refractivity contribution is 6.09. The number of nitrogens with one attached hydrogen (secondary N) is 1. The Labute approximate surface area is 175 Å². The predicted octanol–water partition coefficient (Wildman–Crippen LogP) is 1.99. The van der Waals surface area contributed by atoms with Gasteiger partial charge in [-0.15, -0.1) is 0 Å². The monoisotopic (exact) mass is 414 g/mol. The number of anilines is 3. The largest absolute Gasteiger partial charge is 0.492 e. The second kappa shape index (κ2) is 9.29. The molecule has 1 aliphatic rings. The van der Waals surface area contributed by atoms with E-state index < -0.39 is 6.09 Å². The minimum atomic E-state index is -1.01. The number of likely N-dealkylation sites (N-methyl/N-ethyl adjacent to an activating group) is 2. The Hall–Kier alpha value is -3.56. The summed E-state index contributed by atoms with van der Waals surface area (Å²) >= 11 is 0. The molecule has 0 aliphatic carbocycles. The van der Waals surface area contributed by atoms with Gasteiger partial charge in [0.05, 0.1) is 6.54 Å². The first-order valence-electron chi connectivity index (χ1n) is 9.71. The molecule has 0 saturated carbocycles. The van der Waals surface area contributed by atoms with Crippen molar-refractivity contribution in [3.8, 4) is 5.75 Å². The molecule has 1 aliphatic heterocycles. The van der Waals surface area contributed by atoms with Crippen LogP contribution in [0.5, 0.6) is 5.75 Å². The topological polar surface area (TPSA) is 111 Å². The fourth-order valence-electron chi connectivity index (χ4n) is 3.04. The predicted molar refractivity (Wildman–Crippen MR) is 114 cm³/mol. The lowest BCUT2D eigenvalue weighted by molar-refractivity contribution is 0.0989. The average molecular weight is 414 g/mol. The smallest absolute Gasteiger partial charge is 0.407 e. The molecule has 10 heteroatoms. The number of carboxylic acid groups (broad SMARTS) is 1. The number of nitrogens with zero attached hydrogens (tertiary/aromatic N) is 5. The van der Waals surface area contributed by atoms with E-state index >= 15 is 0 Å². The maximum atomic E-state index is 13.2. The highest BCUT2D eigenvalue weighted by Gasteiger charge is 2.28. The van der Waals surface area contributed by atoms with Crippen LogP contribution >= 0.6 is 0 Å². The fourth-order valence-corrected chi connectivity index (χ4v) is 3.04. The second-order valence-corrected chi connectivity index (χ2v) is 6.89. The zero-order valence-corrected chi connectivity index (χ0v) is 17.3. The van der Waals surface area contributed by atoms with Gasteiger partial charge in [-0.05, 0) is 19.1 Å². The van der Waals surface area contributed by atoms with Gasteiger partial charge < -0.3 is 29.9 Å². The number of fused-ring (bicyclic) bond motifs is 1. The van der Waals surface area contributed by atoms with Crippen LogP contribution in [0, 0.1) is 0 Å². The molecule has 0 bridgehead atoms. The normalized spacial score (nSPS) is 13.5. The second-order valence-electron chi connectivity index (χ2n) is 6.89. The van der Waals surface area contributed by atoms with Gasteiger partial charge in [-0.1, -0.05) is 6.07 Å². The van der Waals surface area contributed by atoms with Gasteiger partial charge in [0, 0.05) is 51.7 Å². The van der Waals surface area contributed by atoms with Gasteiger partial charge in [-0.2, -0.15) is 4.98 Å². The van der Waals surface area contributed by atoms with Crippen LogP contribution < -0.4 is 19.9 Å². The Morgan fingerprint density at radius 3 is 2.90 bits per heavy atom. The molecule has 10 nitrogen and oxygen atoms in total. The van der Waals surface area contributed by atoms with Crippen LogP contribution in [-0.4, -0.2) is 78.9 Å². The molecule has 0 unspecified atom stereocenters. The molecule has 1 aromatic carbocycles. The molecule has 30 heavy (non-hydrogen) atoms. The summed E-state index contributed by atoms with van der Waals surface area (Å²) in [6, 6.07) is 7.20. The molecule has 3 rings (SSSR count).